The van der Waals surface area contributed by atoms with E-state index >= 15 is 0 Å². The van der Waals surface area contributed by atoms with E-state index in [9.17, 15) is 14.7 Å². The first-order valence-corrected chi connectivity index (χ1v) is 11.1. The number of aliphatic hydroxyl groups is 1. The lowest BCUT2D eigenvalue weighted by Crippen LogP contribution is -2.32. The number of nitrogens with zero attached hydrogens (tertiary/aromatic N) is 1. The van der Waals surface area contributed by atoms with Crippen LogP contribution < -0.4 is 21.1 Å². The molecule has 2 heterocycles. The summed E-state index contributed by atoms with van der Waals surface area (Å²) in [6.45, 7) is 1.16. The van der Waals surface area contributed by atoms with Gasteiger partial charge in [-0.15, -0.1) is 0 Å². The number of anilines is 1. The molecule has 9 nitrogen and oxygen atoms in total. The second-order valence-corrected chi connectivity index (χ2v) is 7.92. The van der Waals surface area contributed by atoms with E-state index in [2.05, 4.69) is 25.6 Å². The van der Waals surface area contributed by atoms with Gasteiger partial charge in [0.2, 0.25) is 5.91 Å². The van der Waals surface area contributed by atoms with Crippen LogP contribution in [0.5, 0.6) is 5.75 Å². The van der Waals surface area contributed by atoms with E-state index in [-0.39, 0.29) is 24.6 Å². The van der Waals surface area contributed by atoms with E-state index in [4.69, 9.17) is 4.74 Å². The third-order valence-electron chi connectivity index (χ3n) is 5.22. The number of aromatic nitrogens is 3. The second-order valence-electron chi connectivity index (χ2n) is 7.92. The number of ether oxygens (including phenoxy) is 1. The van der Waals surface area contributed by atoms with E-state index in [1.54, 1.807) is 24.4 Å². The second kappa shape index (κ2) is 11.3. The average molecular weight is 462 g/mol. The number of aromatic amines is 2. The van der Waals surface area contributed by atoms with Gasteiger partial charge in [-0.2, -0.15) is 0 Å². The predicted octanol–water partition coefficient (Wildman–Crippen LogP) is 2.00. The van der Waals surface area contributed by atoms with Gasteiger partial charge >= 0.3 is 5.69 Å². The highest BCUT2D eigenvalue weighted by molar-refractivity contribution is 5.92. The fourth-order valence-electron chi connectivity index (χ4n) is 3.53. The molecule has 0 saturated heterocycles. The maximum absolute atomic E-state index is 12.1. The fourth-order valence-corrected chi connectivity index (χ4v) is 3.53. The van der Waals surface area contributed by atoms with Crippen molar-refractivity contribution in [2.24, 2.45) is 0 Å². The monoisotopic (exact) mass is 461 g/mol. The number of para-hydroxylation sites is 1. The van der Waals surface area contributed by atoms with Gasteiger partial charge in [0.25, 0.3) is 0 Å². The zero-order valence-corrected chi connectivity index (χ0v) is 18.6. The molecule has 1 atom stereocenters. The molecule has 34 heavy (non-hydrogen) atoms. The van der Waals surface area contributed by atoms with Crippen LogP contribution in [0.25, 0.3) is 11.0 Å². The number of pyridine rings is 1. The zero-order chi connectivity index (χ0) is 23.8. The summed E-state index contributed by atoms with van der Waals surface area (Å²) in [5.41, 5.74) is 3.53. The highest BCUT2D eigenvalue weighted by atomic mass is 16.5. The van der Waals surface area contributed by atoms with Crippen molar-refractivity contribution in [2.45, 2.75) is 18.9 Å². The molecule has 0 bridgehead atoms. The van der Waals surface area contributed by atoms with Crippen LogP contribution >= 0.6 is 0 Å². The molecule has 4 aromatic rings. The lowest BCUT2D eigenvalue weighted by atomic mass is 10.1. The van der Waals surface area contributed by atoms with Gasteiger partial charge in [0, 0.05) is 24.1 Å². The minimum atomic E-state index is -0.697. The molecule has 0 fully saturated rings. The van der Waals surface area contributed by atoms with Crippen LogP contribution in [0.15, 0.2) is 71.7 Å². The van der Waals surface area contributed by atoms with Gasteiger partial charge in [-0.3, -0.25) is 9.78 Å². The van der Waals surface area contributed by atoms with E-state index in [0.717, 1.165) is 23.4 Å². The number of amides is 1. The summed E-state index contributed by atoms with van der Waals surface area (Å²) < 4.78 is 5.67. The molecule has 0 aliphatic rings. The Balaban J connectivity index is 1.15. The smallest absolute Gasteiger partial charge is 0.323 e. The normalized spacial score (nSPS) is 11.9. The Kier molecular flexibility index (Phi) is 7.69. The lowest BCUT2D eigenvalue weighted by molar-refractivity contribution is -0.115. The topological polar surface area (TPSA) is 132 Å². The van der Waals surface area contributed by atoms with Crippen LogP contribution in [-0.4, -0.2) is 51.8 Å². The van der Waals surface area contributed by atoms with Crippen molar-refractivity contribution in [1.82, 2.24) is 20.3 Å². The molecule has 0 spiro atoms. The van der Waals surface area contributed by atoms with Crippen molar-refractivity contribution in [3.63, 3.8) is 0 Å². The number of rotatable bonds is 11. The average Bonchev–Trinajstić information content (AvgIpc) is 3.23. The summed E-state index contributed by atoms with van der Waals surface area (Å²) >= 11 is 0. The van der Waals surface area contributed by atoms with Crippen LogP contribution in [-0.2, 0) is 17.6 Å². The zero-order valence-electron chi connectivity index (χ0n) is 18.6. The van der Waals surface area contributed by atoms with Crippen molar-refractivity contribution in [3.8, 4) is 5.75 Å². The molecule has 2 aromatic carbocycles. The van der Waals surface area contributed by atoms with Gasteiger partial charge in [0.05, 0.1) is 11.9 Å². The number of H-pyrrole nitrogens is 2. The standard InChI is InChI=1S/C25H27N5O4/c31-20(16-34-22-6-3-5-21-24(22)30-25(33)29-21)15-26-13-11-17-7-9-18(10-8-17)28-23(32)14-19-4-1-2-12-27-19/h1-10,12,20,26,31H,11,13-16H2,(H,28,32)(H2,29,30,33)/t20-/m0/s1. The highest BCUT2D eigenvalue weighted by Crippen LogP contribution is 2.21. The van der Waals surface area contributed by atoms with Gasteiger partial charge in [-0.05, 0) is 54.9 Å². The van der Waals surface area contributed by atoms with Crippen molar-refractivity contribution in [2.75, 3.05) is 25.0 Å². The van der Waals surface area contributed by atoms with E-state index in [0.29, 0.717) is 29.9 Å². The number of benzene rings is 2. The third kappa shape index (κ3) is 6.53. The number of hydrogen-bond donors (Lipinski definition) is 5. The molecule has 2 aromatic heterocycles. The number of hydrogen-bond acceptors (Lipinski definition) is 6. The van der Waals surface area contributed by atoms with Crippen LogP contribution in [0.4, 0.5) is 5.69 Å². The summed E-state index contributed by atoms with van der Waals surface area (Å²) in [7, 11) is 0. The third-order valence-corrected chi connectivity index (χ3v) is 5.22. The summed E-state index contributed by atoms with van der Waals surface area (Å²) in [6.07, 6.45) is 1.98. The molecule has 4 rings (SSSR count). The van der Waals surface area contributed by atoms with E-state index in [1.165, 1.54) is 0 Å². The summed E-state index contributed by atoms with van der Waals surface area (Å²) in [4.78, 5) is 33.1. The van der Waals surface area contributed by atoms with Crippen molar-refractivity contribution in [3.05, 3.63) is 88.6 Å². The Hall–Kier alpha value is -3.95. The fraction of sp³-hybridized carbons (Fsp3) is 0.240. The predicted molar refractivity (Wildman–Crippen MR) is 130 cm³/mol. The minimum Gasteiger partial charge on any atom is -0.489 e. The summed E-state index contributed by atoms with van der Waals surface area (Å²) in [5, 5.41) is 16.3. The molecule has 0 radical (unpaired) electrons. The number of carbonyl (C=O) groups is 1. The minimum absolute atomic E-state index is 0.103. The maximum atomic E-state index is 12.1. The molecule has 176 valence electrons. The lowest BCUT2D eigenvalue weighted by Gasteiger charge is -2.14. The molecule has 0 unspecified atom stereocenters. The summed E-state index contributed by atoms with van der Waals surface area (Å²) in [6, 6.07) is 18.5. The SMILES string of the molecule is O=C(Cc1ccccn1)Nc1ccc(CCNC[C@H](O)COc2cccc3[nH]c(=O)[nH]c23)cc1. The van der Waals surface area contributed by atoms with Gasteiger partial charge in [-0.1, -0.05) is 24.3 Å². The first-order valence-electron chi connectivity index (χ1n) is 11.1. The van der Waals surface area contributed by atoms with E-state index in [1.807, 2.05) is 42.5 Å². The molecule has 5 N–H and O–H groups in total. The number of fused-ring (bicyclic) bond motifs is 1. The van der Waals surface area contributed by atoms with Crippen LogP contribution in [0.2, 0.25) is 0 Å². The molecule has 0 aliphatic heterocycles. The number of aliphatic hydroxyl groups excluding tert-OH is 1. The van der Waals surface area contributed by atoms with E-state index < -0.39 is 6.10 Å². The molecular weight excluding hydrogens is 434 g/mol. The van der Waals surface area contributed by atoms with Gasteiger partial charge in [-0.25, -0.2) is 4.79 Å². The molecular formula is C25H27N5O4. The van der Waals surface area contributed by atoms with Crippen molar-refractivity contribution < 1.29 is 14.6 Å². The van der Waals surface area contributed by atoms with Crippen molar-refractivity contribution in [1.29, 1.82) is 0 Å². The Morgan fingerprint density at radius 3 is 2.71 bits per heavy atom. The molecule has 0 saturated carbocycles. The summed E-state index contributed by atoms with van der Waals surface area (Å²) in [5.74, 6) is 0.408. The number of imidazole rings is 1. The highest BCUT2D eigenvalue weighted by Gasteiger charge is 2.09. The van der Waals surface area contributed by atoms with Crippen LogP contribution in [0.1, 0.15) is 11.3 Å². The Labute approximate surface area is 196 Å². The largest absolute Gasteiger partial charge is 0.489 e. The Bertz CT molecular complexity index is 1270. The van der Waals surface area contributed by atoms with Crippen LogP contribution in [0.3, 0.4) is 0 Å². The van der Waals surface area contributed by atoms with Crippen LogP contribution in [0, 0.1) is 0 Å². The Morgan fingerprint density at radius 1 is 1.06 bits per heavy atom. The number of carbonyl (C=O) groups excluding carboxylic acids is 1. The maximum Gasteiger partial charge on any atom is 0.323 e. The first kappa shape index (κ1) is 23.2. The molecule has 0 aliphatic carbocycles. The number of nitrogens with one attached hydrogen (secondary N) is 4. The Morgan fingerprint density at radius 2 is 1.91 bits per heavy atom. The first-order chi connectivity index (χ1) is 16.6. The molecule has 9 heteroatoms. The van der Waals surface area contributed by atoms with Gasteiger partial charge in [0.1, 0.15) is 24.0 Å². The quantitative estimate of drug-likeness (QED) is 0.217. The van der Waals surface area contributed by atoms with Gasteiger partial charge < -0.3 is 30.4 Å². The van der Waals surface area contributed by atoms with Gasteiger partial charge in [0.15, 0.2) is 0 Å². The molecule has 1 amide bonds. The van der Waals surface area contributed by atoms with Crippen molar-refractivity contribution >= 4 is 22.6 Å².